The van der Waals surface area contributed by atoms with Gasteiger partial charge in [0.25, 0.3) is 0 Å². The normalized spacial score (nSPS) is 13.7. The third-order valence-corrected chi connectivity index (χ3v) is 5.56. The van der Waals surface area contributed by atoms with Gasteiger partial charge in [0.2, 0.25) is 0 Å². The predicted octanol–water partition coefficient (Wildman–Crippen LogP) is 8.46. The average Bonchev–Trinajstić information content (AvgIpc) is 3.31. The van der Waals surface area contributed by atoms with Gasteiger partial charge in [0.05, 0.1) is 5.70 Å². The third-order valence-electron chi connectivity index (χ3n) is 5.56. The summed E-state index contributed by atoms with van der Waals surface area (Å²) in [5.74, 6) is 2.96. The Kier molecular flexibility index (Phi) is 13.5. The van der Waals surface area contributed by atoms with Gasteiger partial charge in [-0.1, -0.05) is 75.1 Å². The molecule has 0 saturated heterocycles. The molecule has 3 aromatic rings. The molecular formula is C32H41F3N6. The molecule has 0 bridgehead atoms. The fourth-order valence-corrected chi connectivity index (χ4v) is 3.62. The first kappa shape index (κ1) is 32.9. The summed E-state index contributed by atoms with van der Waals surface area (Å²) in [4.78, 5) is 8.85. The van der Waals surface area contributed by atoms with Crippen LogP contribution in [0.4, 0.5) is 24.7 Å². The number of rotatable bonds is 10. The summed E-state index contributed by atoms with van der Waals surface area (Å²) in [5, 5.41) is 9.83. The minimum absolute atomic E-state index is 0.188. The number of alkyl halides is 3. The summed E-state index contributed by atoms with van der Waals surface area (Å²) in [5.41, 5.74) is 4.06. The van der Waals surface area contributed by atoms with Crippen molar-refractivity contribution in [3.8, 4) is 0 Å². The van der Waals surface area contributed by atoms with Crippen LogP contribution in [0.25, 0.3) is 5.70 Å². The highest BCUT2D eigenvalue weighted by Gasteiger charge is 2.15. The van der Waals surface area contributed by atoms with E-state index < -0.39 is 6.18 Å². The predicted molar refractivity (Wildman–Crippen MR) is 164 cm³/mol. The highest BCUT2D eigenvalue weighted by atomic mass is 19.4. The van der Waals surface area contributed by atoms with Gasteiger partial charge in [0.15, 0.2) is 5.82 Å². The van der Waals surface area contributed by atoms with Crippen molar-refractivity contribution < 1.29 is 13.2 Å². The second-order valence-corrected chi connectivity index (χ2v) is 9.74. The van der Waals surface area contributed by atoms with Crippen LogP contribution in [0.1, 0.15) is 50.6 Å². The van der Waals surface area contributed by atoms with E-state index in [0.29, 0.717) is 12.4 Å². The topological polar surface area (TPSA) is 66.8 Å². The SMILES string of the molecule is C=C(Nc1ccc(C)cc1)Nc1cn(CCC)c(C(=C)NCc2cccnc2)n1.CC(F)(F)F.CC1C=CC=CC1. The first-order valence-electron chi connectivity index (χ1n) is 13.5. The number of nitrogens with one attached hydrogen (secondary N) is 3. The van der Waals surface area contributed by atoms with Crippen LogP contribution in [-0.4, -0.2) is 20.7 Å². The van der Waals surface area contributed by atoms with E-state index in [0.717, 1.165) is 47.5 Å². The van der Waals surface area contributed by atoms with Crippen molar-refractivity contribution in [2.24, 2.45) is 5.92 Å². The Hall–Kier alpha value is -4.27. The highest BCUT2D eigenvalue weighted by Crippen LogP contribution is 2.18. The zero-order valence-electron chi connectivity index (χ0n) is 24.3. The number of nitrogens with zero attached hydrogens (tertiary/aromatic N) is 3. The largest absolute Gasteiger partial charge is 0.386 e. The molecule has 6 nitrogen and oxygen atoms in total. The maximum absolute atomic E-state index is 10.4. The molecule has 2 heterocycles. The molecule has 4 rings (SSSR count). The van der Waals surface area contributed by atoms with E-state index in [1.165, 1.54) is 12.0 Å². The zero-order chi connectivity index (χ0) is 30.3. The van der Waals surface area contributed by atoms with Crippen LogP contribution >= 0.6 is 0 Å². The standard InChI is InChI=1S/C23H28N6.C7H10.C2H3F3/c1-5-13-29-16-22(27-19(4)26-21-10-8-17(2)9-11-21)28-23(29)18(3)25-15-20-7-6-12-24-14-20;1-7-5-3-2-4-6-7;1-2(3,4)5/h6-12,14,16,25-27H,3-5,13,15H2,1-2H3;2-5,7H,6H2,1H3;1H3. The minimum Gasteiger partial charge on any atom is -0.378 e. The molecule has 0 aliphatic heterocycles. The van der Waals surface area contributed by atoms with Gasteiger partial charge in [-0.15, -0.1) is 0 Å². The van der Waals surface area contributed by atoms with Crippen LogP contribution in [0, 0.1) is 12.8 Å². The molecule has 0 saturated carbocycles. The fraction of sp³-hybridized carbons (Fsp3) is 0.312. The van der Waals surface area contributed by atoms with Gasteiger partial charge in [-0.3, -0.25) is 4.98 Å². The quantitative estimate of drug-likeness (QED) is 0.230. The molecule has 9 heteroatoms. The molecule has 2 aromatic heterocycles. The van der Waals surface area contributed by atoms with Crippen LogP contribution < -0.4 is 16.0 Å². The summed E-state index contributed by atoms with van der Waals surface area (Å²) in [6, 6.07) is 12.1. The summed E-state index contributed by atoms with van der Waals surface area (Å²) in [7, 11) is 0. The Labute approximate surface area is 241 Å². The van der Waals surface area contributed by atoms with E-state index in [9.17, 15) is 13.2 Å². The van der Waals surface area contributed by atoms with E-state index in [1.54, 1.807) is 6.20 Å². The molecular weight excluding hydrogens is 525 g/mol. The Bertz CT molecular complexity index is 1270. The van der Waals surface area contributed by atoms with Crippen LogP contribution in [0.2, 0.25) is 0 Å². The third kappa shape index (κ3) is 14.1. The number of hydrogen-bond acceptors (Lipinski definition) is 5. The van der Waals surface area contributed by atoms with Crippen molar-refractivity contribution in [3.05, 3.63) is 115 Å². The second kappa shape index (κ2) is 16.7. The van der Waals surface area contributed by atoms with Gasteiger partial charge in [-0.2, -0.15) is 13.2 Å². The Morgan fingerprint density at radius 2 is 1.80 bits per heavy atom. The molecule has 1 aliphatic carbocycles. The molecule has 0 radical (unpaired) electrons. The van der Waals surface area contributed by atoms with Gasteiger partial charge in [-0.25, -0.2) is 4.98 Å². The van der Waals surface area contributed by atoms with Crippen LogP contribution in [0.15, 0.2) is 98.3 Å². The van der Waals surface area contributed by atoms with Gasteiger partial charge in [0.1, 0.15) is 11.6 Å². The van der Waals surface area contributed by atoms with E-state index in [4.69, 9.17) is 4.98 Å². The molecule has 41 heavy (non-hydrogen) atoms. The number of pyridine rings is 1. The van der Waals surface area contributed by atoms with Crippen molar-refractivity contribution >= 4 is 17.2 Å². The lowest BCUT2D eigenvalue weighted by Gasteiger charge is -2.11. The zero-order valence-corrected chi connectivity index (χ0v) is 24.3. The Morgan fingerprint density at radius 1 is 1.10 bits per heavy atom. The lowest BCUT2D eigenvalue weighted by Crippen LogP contribution is -2.15. The van der Waals surface area contributed by atoms with Gasteiger partial charge >= 0.3 is 6.18 Å². The second-order valence-electron chi connectivity index (χ2n) is 9.74. The molecule has 1 unspecified atom stereocenters. The molecule has 220 valence electrons. The number of aryl methyl sites for hydroxylation is 2. The first-order chi connectivity index (χ1) is 19.4. The molecule has 0 spiro atoms. The minimum atomic E-state index is -4.00. The van der Waals surface area contributed by atoms with Crippen molar-refractivity contribution in [1.82, 2.24) is 19.9 Å². The lowest BCUT2D eigenvalue weighted by molar-refractivity contribution is -0.110. The molecule has 1 aromatic carbocycles. The van der Waals surface area contributed by atoms with Crippen molar-refractivity contribution in [3.63, 3.8) is 0 Å². The highest BCUT2D eigenvalue weighted by molar-refractivity contribution is 5.60. The number of aromatic nitrogens is 3. The molecule has 1 aliphatic rings. The van der Waals surface area contributed by atoms with Crippen LogP contribution in [-0.2, 0) is 13.1 Å². The van der Waals surface area contributed by atoms with Crippen molar-refractivity contribution in [2.45, 2.75) is 59.8 Å². The molecule has 1 atom stereocenters. The molecule has 0 fully saturated rings. The summed E-state index contributed by atoms with van der Waals surface area (Å²) in [6.45, 7) is 16.3. The van der Waals surface area contributed by atoms with E-state index in [-0.39, 0.29) is 6.92 Å². The number of hydrogen-bond donors (Lipinski definition) is 3. The van der Waals surface area contributed by atoms with Gasteiger partial charge in [-0.05, 0) is 49.4 Å². The van der Waals surface area contributed by atoms with Crippen LogP contribution in [0.5, 0.6) is 0 Å². The maximum atomic E-state index is 10.4. The molecule has 3 N–H and O–H groups in total. The Morgan fingerprint density at radius 3 is 2.34 bits per heavy atom. The van der Waals surface area contributed by atoms with Gasteiger partial charge < -0.3 is 20.5 Å². The summed E-state index contributed by atoms with van der Waals surface area (Å²) >= 11 is 0. The number of anilines is 2. The number of allylic oxidation sites excluding steroid dienone is 4. The summed E-state index contributed by atoms with van der Waals surface area (Å²) < 4.78 is 33.2. The van der Waals surface area contributed by atoms with Crippen molar-refractivity contribution in [2.75, 3.05) is 10.6 Å². The monoisotopic (exact) mass is 566 g/mol. The van der Waals surface area contributed by atoms with Crippen molar-refractivity contribution in [1.29, 1.82) is 0 Å². The van der Waals surface area contributed by atoms with E-state index in [1.807, 2.05) is 36.7 Å². The first-order valence-corrected chi connectivity index (χ1v) is 13.5. The fourth-order valence-electron chi connectivity index (χ4n) is 3.62. The smallest absolute Gasteiger partial charge is 0.378 e. The number of imidazole rings is 1. The Balaban J connectivity index is 0.000000406. The van der Waals surface area contributed by atoms with E-state index >= 15 is 0 Å². The van der Waals surface area contributed by atoms with Crippen LogP contribution in [0.3, 0.4) is 0 Å². The molecule has 0 amide bonds. The lowest BCUT2D eigenvalue weighted by atomic mass is 10.0. The van der Waals surface area contributed by atoms with E-state index in [2.05, 4.69) is 95.9 Å². The average molecular weight is 567 g/mol. The number of benzene rings is 1. The number of halogens is 3. The summed E-state index contributed by atoms with van der Waals surface area (Å²) in [6.07, 6.45) is 12.4. The van der Waals surface area contributed by atoms with Gasteiger partial charge in [0, 0.05) is 44.3 Å². The maximum Gasteiger partial charge on any atom is 0.386 e.